The van der Waals surface area contributed by atoms with E-state index in [2.05, 4.69) is 16.1 Å². The van der Waals surface area contributed by atoms with Crippen molar-refractivity contribution in [1.29, 1.82) is 5.26 Å². The van der Waals surface area contributed by atoms with Crippen molar-refractivity contribution in [3.05, 3.63) is 52.9 Å². The largest absolute Gasteiger partial charge is 0.359 e. The summed E-state index contributed by atoms with van der Waals surface area (Å²) in [6.45, 7) is 3.76. The van der Waals surface area contributed by atoms with Crippen molar-refractivity contribution in [2.24, 2.45) is 0 Å². The summed E-state index contributed by atoms with van der Waals surface area (Å²) < 4.78 is 5.42. The second-order valence-corrected chi connectivity index (χ2v) is 5.27. The highest BCUT2D eigenvalue weighted by atomic mass is 16.5. The summed E-state index contributed by atoms with van der Waals surface area (Å²) in [6.07, 6.45) is 2.24. The van der Waals surface area contributed by atoms with E-state index in [9.17, 15) is 5.26 Å². The van der Waals surface area contributed by atoms with Crippen molar-refractivity contribution in [2.75, 3.05) is 6.54 Å². The number of aryl methyl sites for hydroxylation is 1. The van der Waals surface area contributed by atoms with E-state index in [4.69, 9.17) is 4.52 Å². The van der Waals surface area contributed by atoms with Gasteiger partial charge in [-0.15, -0.1) is 0 Å². The first-order valence-electron chi connectivity index (χ1n) is 6.93. The molecule has 4 heteroatoms. The number of benzene rings is 1. The average molecular weight is 267 g/mol. The van der Waals surface area contributed by atoms with Crippen LogP contribution in [0.4, 0.5) is 0 Å². The van der Waals surface area contributed by atoms with E-state index in [1.807, 2.05) is 37.3 Å². The molecular formula is C16H17N3O. The summed E-state index contributed by atoms with van der Waals surface area (Å²) in [7, 11) is 0. The highest BCUT2D eigenvalue weighted by Crippen LogP contribution is 2.33. The minimum Gasteiger partial charge on any atom is -0.359 e. The van der Waals surface area contributed by atoms with Crippen LogP contribution in [0, 0.1) is 18.3 Å². The summed E-state index contributed by atoms with van der Waals surface area (Å²) in [6, 6.07) is 12.4. The van der Waals surface area contributed by atoms with Gasteiger partial charge in [0.05, 0.1) is 23.4 Å². The molecule has 2 aromatic rings. The van der Waals surface area contributed by atoms with E-state index >= 15 is 0 Å². The maximum absolute atomic E-state index is 9.18. The number of likely N-dealkylation sites (tertiary alicyclic amines) is 1. The van der Waals surface area contributed by atoms with Gasteiger partial charge in [-0.05, 0) is 37.9 Å². The van der Waals surface area contributed by atoms with Crippen molar-refractivity contribution in [3.8, 4) is 6.07 Å². The molecule has 20 heavy (non-hydrogen) atoms. The molecule has 1 saturated heterocycles. The zero-order valence-electron chi connectivity index (χ0n) is 11.5. The van der Waals surface area contributed by atoms with Gasteiger partial charge in [0.15, 0.2) is 5.76 Å². The Labute approximate surface area is 118 Å². The summed E-state index contributed by atoms with van der Waals surface area (Å²) in [4.78, 5) is 2.37. The van der Waals surface area contributed by atoms with Crippen LogP contribution in [0.2, 0.25) is 0 Å². The summed E-state index contributed by atoms with van der Waals surface area (Å²) in [5.74, 6) is 0.939. The van der Waals surface area contributed by atoms with Crippen LogP contribution in [0.15, 0.2) is 34.9 Å². The maximum atomic E-state index is 9.18. The first-order chi connectivity index (χ1) is 9.78. The van der Waals surface area contributed by atoms with Crippen molar-refractivity contribution >= 4 is 0 Å². The zero-order valence-corrected chi connectivity index (χ0v) is 11.5. The molecule has 0 saturated carbocycles. The second-order valence-electron chi connectivity index (χ2n) is 5.27. The molecule has 2 heterocycles. The molecule has 1 aromatic carbocycles. The third-order valence-electron chi connectivity index (χ3n) is 3.85. The predicted octanol–water partition coefficient (Wildman–Crippen LogP) is 3.19. The van der Waals surface area contributed by atoms with Gasteiger partial charge in [-0.3, -0.25) is 4.90 Å². The van der Waals surface area contributed by atoms with Crippen LogP contribution in [-0.4, -0.2) is 16.6 Å². The van der Waals surface area contributed by atoms with Gasteiger partial charge in [0, 0.05) is 12.6 Å². The Morgan fingerprint density at radius 3 is 3.05 bits per heavy atom. The molecule has 1 aliphatic rings. The van der Waals surface area contributed by atoms with Crippen LogP contribution in [0.3, 0.4) is 0 Å². The highest BCUT2D eigenvalue weighted by Gasteiger charge is 2.29. The lowest BCUT2D eigenvalue weighted by Crippen LogP contribution is -2.22. The maximum Gasteiger partial charge on any atom is 0.154 e. The molecule has 4 nitrogen and oxygen atoms in total. The molecule has 0 radical (unpaired) electrons. The Bertz CT molecular complexity index is 641. The molecule has 1 atom stereocenters. The summed E-state index contributed by atoms with van der Waals surface area (Å²) in [5, 5.41) is 13.2. The fourth-order valence-corrected chi connectivity index (χ4v) is 2.86. The molecule has 1 aromatic heterocycles. The fraction of sp³-hybridized carbons (Fsp3) is 0.375. The minimum absolute atomic E-state index is 0.281. The Kier molecular flexibility index (Phi) is 3.53. The van der Waals surface area contributed by atoms with E-state index < -0.39 is 0 Å². The third-order valence-corrected chi connectivity index (χ3v) is 3.85. The number of aromatic nitrogens is 1. The molecule has 0 N–H and O–H groups in total. The number of hydrogen-bond donors (Lipinski definition) is 0. The Hall–Kier alpha value is -2.12. The predicted molar refractivity (Wildman–Crippen MR) is 74.8 cm³/mol. The van der Waals surface area contributed by atoms with E-state index in [-0.39, 0.29) is 6.04 Å². The van der Waals surface area contributed by atoms with Crippen LogP contribution in [0.1, 0.15) is 41.5 Å². The third kappa shape index (κ3) is 2.45. The van der Waals surface area contributed by atoms with Crippen molar-refractivity contribution < 1.29 is 4.52 Å². The molecular weight excluding hydrogens is 250 g/mol. The van der Waals surface area contributed by atoms with Gasteiger partial charge < -0.3 is 4.52 Å². The van der Waals surface area contributed by atoms with Gasteiger partial charge in [0.25, 0.3) is 0 Å². The number of rotatable bonds is 3. The lowest BCUT2D eigenvalue weighted by Gasteiger charge is -2.22. The molecule has 1 aliphatic heterocycles. The fourth-order valence-electron chi connectivity index (χ4n) is 2.86. The van der Waals surface area contributed by atoms with Crippen LogP contribution < -0.4 is 0 Å². The number of nitriles is 1. The second kappa shape index (κ2) is 5.48. The topological polar surface area (TPSA) is 53.1 Å². The van der Waals surface area contributed by atoms with E-state index in [1.165, 1.54) is 0 Å². The zero-order chi connectivity index (χ0) is 13.9. The van der Waals surface area contributed by atoms with E-state index in [0.717, 1.165) is 48.5 Å². The molecule has 0 aliphatic carbocycles. The van der Waals surface area contributed by atoms with Crippen LogP contribution in [0.5, 0.6) is 0 Å². The Morgan fingerprint density at radius 1 is 1.45 bits per heavy atom. The SMILES string of the molecule is Cc1cc([C@@H]2CCCN2Cc2ccccc2C#N)on1. The van der Waals surface area contributed by atoms with E-state index in [0.29, 0.717) is 0 Å². The molecule has 0 spiro atoms. The highest BCUT2D eigenvalue weighted by molar-refractivity contribution is 5.37. The van der Waals surface area contributed by atoms with Crippen molar-refractivity contribution in [3.63, 3.8) is 0 Å². The Balaban J connectivity index is 1.81. The lowest BCUT2D eigenvalue weighted by molar-refractivity contribution is 0.206. The molecule has 1 fully saturated rings. The van der Waals surface area contributed by atoms with Gasteiger partial charge in [-0.1, -0.05) is 23.4 Å². The van der Waals surface area contributed by atoms with Gasteiger partial charge in [-0.25, -0.2) is 0 Å². The standard InChI is InChI=1S/C16H17N3O/c1-12-9-16(20-18-12)15-7-4-8-19(15)11-14-6-3-2-5-13(14)10-17/h2-3,5-6,9,15H,4,7-8,11H2,1H3/t15-/m0/s1. The van der Waals surface area contributed by atoms with E-state index in [1.54, 1.807) is 0 Å². The van der Waals surface area contributed by atoms with Crippen LogP contribution >= 0.6 is 0 Å². The lowest BCUT2D eigenvalue weighted by atomic mass is 10.1. The number of nitrogens with zero attached hydrogens (tertiary/aromatic N) is 3. The number of hydrogen-bond acceptors (Lipinski definition) is 4. The van der Waals surface area contributed by atoms with Gasteiger partial charge in [-0.2, -0.15) is 5.26 Å². The van der Waals surface area contributed by atoms with Gasteiger partial charge in [0.2, 0.25) is 0 Å². The molecule has 0 unspecified atom stereocenters. The monoisotopic (exact) mass is 267 g/mol. The molecule has 0 amide bonds. The normalized spacial score (nSPS) is 19.1. The molecule has 3 rings (SSSR count). The summed E-state index contributed by atoms with van der Waals surface area (Å²) >= 11 is 0. The first kappa shape index (κ1) is 12.9. The van der Waals surface area contributed by atoms with Gasteiger partial charge in [0.1, 0.15) is 0 Å². The Morgan fingerprint density at radius 2 is 2.30 bits per heavy atom. The molecule has 0 bridgehead atoms. The van der Waals surface area contributed by atoms with Crippen LogP contribution in [0.25, 0.3) is 0 Å². The molecule has 102 valence electrons. The van der Waals surface area contributed by atoms with Crippen LogP contribution in [-0.2, 0) is 6.54 Å². The van der Waals surface area contributed by atoms with Crippen molar-refractivity contribution in [1.82, 2.24) is 10.1 Å². The van der Waals surface area contributed by atoms with Gasteiger partial charge >= 0.3 is 0 Å². The summed E-state index contributed by atoms with van der Waals surface area (Å²) in [5.41, 5.74) is 2.76. The smallest absolute Gasteiger partial charge is 0.154 e. The quantitative estimate of drug-likeness (QED) is 0.857. The first-order valence-corrected chi connectivity index (χ1v) is 6.93. The van der Waals surface area contributed by atoms with Crippen molar-refractivity contribution in [2.45, 2.75) is 32.4 Å². The minimum atomic E-state index is 0.281. The average Bonchev–Trinajstić information content (AvgIpc) is 3.08.